The predicted octanol–water partition coefficient (Wildman–Crippen LogP) is 2.81. The summed E-state index contributed by atoms with van der Waals surface area (Å²) in [5, 5.41) is 9.88. The minimum atomic E-state index is -0.169. The van der Waals surface area contributed by atoms with E-state index in [0.717, 1.165) is 16.1 Å². The van der Waals surface area contributed by atoms with Crippen LogP contribution in [-0.4, -0.2) is 38.4 Å². The predicted molar refractivity (Wildman–Crippen MR) is 113 cm³/mol. The normalized spacial score (nSPS) is 10.7. The fraction of sp³-hybridized carbons (Fsp3) is 0.238. The molecule has 150 valence electrons. The number of aromatic nitrogens is 3. The molecule has 0 atom stereocenters. The molecule has 1 heterocycles. The lowest BCUT2D eigenvalue weighted by molar-refractivity contribution is -0.119. The second kappa shape index (κ2) is 9.88. The number of rotatable bonds is 8. The smallest absolute Gasteiger partial charge is 0.252 e. The summed E-state index contributed by atoms with van der Waals surface area (Å²) in [5.41, 5.74) is 2.44. The molecule has 2 amide bonds. The Bertz CT molecular complexity index is 955. The molecule has 0 unspecified atom stereocenters. The minimum absolute atomic E-state index is 0.0484. The molecule has 0 spiro atoms. The molecule has 3 aromatic rings. The Morgan fingerprint density at radius 2 is 1.86 bits per heavy atom. The molecule has 7 nitrogen and oxygen atoms in total. The van der Waals surface area contributed by atoms with E-state index < -0.39 is 0 Å². The number of thioether (sulfide) groups is 1. The zero-order valence-corrected chi connectivity index (χ0v) is 17.1. The second-order valence-electron chi connectivity index (χ2n) is 6.70. The quantitative estimate of drug-likeness (QED) is 0.559. The van der Waals surface area contributed by atoms with E-state index in [9.17, 15) is 9.59 Å². The molecular formula is C21H23N5O2S. The Kier molecular flexibility index (Phi) is 7.02. The molecule has 0 aliphatic carbocycles. The van der Waals surface area contributed by atoms with Crippen LogP contribution < -0.4 is 10.6 Å². The molecule has 29 heavy (non-hydrogen) atoms. The van der Waals surface area contributed by atoms with Gasteiger partial charge >= 0.3 is 0 Å². The van der Waals surface area contributed by atoms with E-state index in [4.69, 9.17) is 0 Å². The van der Waals surface area contributed by atoms with Gasteiger partial charge in [-0.2, -0.15) is 5.10 Å². The average molecular weight is 410 g/mol. The van der Waals surface area contributed by atoms with Gasteiger partial charge in [-0.3, -0.25) is 9.59 Å². The van der Waals surface area contributed by atoms with Crippen LogP contribution in [0.15, 0.2) is 66.1 Å². The zero-order chi connectivity index (χ0) is 20.6. The van der Waals surface area contributed by atoms with Crippen LogP contribution in [-0.2, 0) is 11.3 Å². The van der Waals surface area contributed by atoms with Crippen LogP contribution in [0.1, 0.15) is 29.8 Å². The number of carbonyl (C=O) groups excluding carboxylic acids is 2. The molecule has 3 rings (SSSR count). The number of benzene rings is 2. The highest BCUT2D eigenvalue weighted by Gasteiger charge is 2.13. The van der Waals surface area contributed by atoms with Crippen molar-refractivity contribution in [3.8, 4) is 5.69 Å². The van der Waals surface area contributed by atoms with Crippen molar-refractivity contribution in [2.75, 3.05) is 5.75 Å². The van der Waals surface area contributed by atoms with E-state index >= 15 is 0 Å². The van der Waals surface area contributed by atoms with Crippen molar-refractivity contribution in [1.29, 1.82) is 0 Å². The van der Waals surface area contributed by atoms with Crippen LogP contribution in [0, 0.1) is 0 Å². The molecule has 1 aromatic heterocycles. The average Bonchev–Trinajstić information content (AvgIpc) is 3.25. The third kappa shape index (κ3) is 5.92. The maximum Gasteiger partial charge on any atom is 0.252 e. The van der Waals surface area contributed by atoms with E-state index in [1.165, 1.54) is 18.1 Å². The molecule has 0 radical (unpaired) electrons. The number of hydrogen-bond acceptors (Lipinski definition) is 5. The molecule has 0 aliphatic rings. The van der Waals surface area contributed by atoms with Crippen molar-refractivity contribution in [1.82, 2.24) is 25.4 Å². The molecular weight excluding hydrogens is 386 g/mol. The molecule has 8 heteroatoms. The molecule has 0 bridgehead atoms. The lowest BCUT2D eigenvalue weighted by Gasteiger charge is -2.11. The zero-order valence-electron chi connectivity index (χ0n) is 16.3. The first-order chi connectivity index (χ1) is 14.0. The Balaban J connectivity index is 1.58. The summed E-state index contributed by atoms with van der Waals surface area (Å²) >= 11 is 1.36. The summed E-state index contributed by atoms with van der Waals surface area (Å²) in [4.78, 5) is 29.3. The maximum atomic E-state index is 12.7. The molecule has 0 fully saturated rings. The van der Waals surface area contributed by atoms with Crippen molar-refractivity contribution in [3.05, 3.63) is 72.3 Å². The first-order valence-corrected chi connectivity index (χ1v) is 10.2. The molecule has 0 saturated carbocycles. The first kappa shape index (κ1) is 20.6. The van der Waals surface area contributed by atoms with Crippen LogP contribution in [0.3, 0.4) is 0 Å². The molecule has 2 N–H and O–H groups in total. The fourth-order valence-corrected chi connectivity index (χ4v) is 3.53. The molecule has 0 aliphatic heterocycles. The Morgan fingerprint density at radius 3 is 2.55 bits per heavy atom. The van der Waals surface area contributed by atoms with Crippen molar-refractivity contribution in [2.45, 2.75) is 31.3 Å². The van der Waals surface area contributed by atoms with Crippen LogP contribution >= 0.6 is 11.8 Å². The van der Waals surface area contributed by atoms with Crippen molar-refractivity contribution in [3.63, 3.8) is 0 Å². The summed E-state index contributed by atoms with van der Waals surface area (Å²) in [6, 6.07) is 15.1. The van der Waals surface area contributed by atoms with Gasteiger partial charge in [0.25, 0.3) is 5.91 Å². The van der Waals surface area contributed by atoms with E-state index in [-0.39, 0.29) is 23.6 Å². The highest BCUT2D eigenvalue weighted by atomic mass is 32.2. The van der Waals surface area contributed by atoms with Crippen molar-refractivity contribution >= 4 is 23.6 Å². The largest absolute Gasteiger partial charge is 0.353 e. The van der Waals surface area contributed by atoms with Gasteiger partial charge in [0.1, 0.15) is 12.7 Å². The van der Waals surface area contributed by atoms with Crippen molar-refractivity contribution in [2.24, 2.45) is 0 Å². The van der Waals surface area contributed by atoms with E-state index in [1.807, 2.05) is 56.3 Å². The van der Waals surface area contributed by atoms with Gasteiger partial charge in [-0.05, 0) is 43.7 Å². The molecule has 2 aromatic carbocycles. The van der Waals surface area contributed by atoms with Gasteiger partial charge in [0, 0.05) is 17.5 Å². The van der Waals surface area contributed by atoms with Gasteiger partial charge in [0.15, 0.2) is 0 Å². The monoisotopic (exact) mass is 409 g/mol. The minimum Gasteiger partial charge on any atom is -0.353 e. The fourth-order valence-electron chi connectivity index (χ4n) is 2.67. The lowest BCUT2D eigenvalue weighted by Crippen LogP contribution is -2.31. The third-order valence-corrected chi connectivity index (χ3v) is 5.09. The van der Waals surface area contributed by atoms with Gasteiger partial charge in [-0.1, -0.05) is 24.3 Å². The standard InChI is InChI=1S/C21H23N5O2S/c1-15(2)25-20(27)12-29-19-6-4-3-5-18(19)21(28)23-11-16-7-9-17(10-8-16)26-14-22-13-24-26/h3-10,13-15H,11-12H2,1-2H3,(H,23,28)(H,25,27). The van der Waals surface area contributed by atoms with Gasteiger partial charge in [-0.25, -0.2) is 9.67 Å². The van der Waals surface area contributed by atoms with E-state index in [0.29, 0.717) is 12.1 Å². The van der Waals surface area contributed by atoms with Gasteiger partial charge in [0.2, 0.25) is 5.91 Å². The Hall–Kier alpha value is -3.13. The summed E-state index contributed by atoms with van der Waals surface area (Å²) in [7, 11) is 0. The van der Waals surface area contributed by atoms with E-state index in [2.05, 4.69) is 20.7 Å². The van der Waals surface area contributed by atoms with Crippen LogP contribution in [0.5, 0.6) is 0 Å². The topological polar surface area (TPSA) is 88.9 Å². The number of hydrogen-bond donors (Lipinski definition) is 2. The highest BCUT2D eigenvalue weighted by molar-refractivity contribution is 8.00. The number of carbonyl (C=O) groups is 2. The van der Waals surface area contributed by atoms with E-state index in [1.54, 1.807) is 17.1 Å². The van der Waals surface area contributed by atoms with Crippen LogP contribution in [0.4, 0.5) is 0 Å². The molecule has 0 saturated heterocycles. The summed E-state index contributed by atoms with van der Waals surface area (Å²) in [5.74, 6) is 0.0528. The number of nitrogens with one attached hydrogen (secondary N) is 2. The maximum absolute atomic E-state index is 12.7. The Morgan fingerprint density at radius 1 is 1.10 bits per heavy atom. The highest BCUT2D eigenvalue weighted by Crippen LogP contribution is 2.22. The lowest BCUT2D eigenvalue weighted by atomic mass is 10.2. The van der Waals surface area contributed by atoms with Crippen molar-refractivity contribution < 1.29 is 9.59 Å². The number of amides is 2. The number of nitrogens with zero attached hydrogens (tertiary/aromatic N) is 3. The summed E-state index contributed by atoms with van der Waals surface area (Å²) in [6.07, 6.45) is 3.11. The van der Waals surface area contributed by atoms with Gasteiger partial charge < -0.3 is 10.6 Å². The Labute approximate surface area is 173 Å². The van der Waals surface area contributed by atoms with Gasteiger partial charge in [0.05, 0.1) is 17.0 Å². The van der Waals surface area contributed by atoms with Crippen LogP contribution in [0.25, 0.3) is 5.69 Å². The van der Waals surface area contributed by atoms with Gasteiger partial charge in [-0.15, -0.1) is 11.8 Å². The summed E-state index contributed by atoms with van der Waals surface area (Å²) < 4.78 is 1.67. The SMILES string of the molecule is CC(C)NC(=O)CSc1ccccc1C(=O)NCc1ccc(-n2cncn2)cc1. The summed E-state index contributed by atoms with van der Waals surface area (Å²) in [6.45, 7) is 4.24. The van der Waals surface area contributed by atoms with Crippen LogP contribution in [0.2, 0.25) is 0 Å². The third-order valence-electron chi connectivity index (χ3n) is 4.01. The second-order valence-corrected chi connectivity index (χ2v) is 7.71. The first-order valence-electron chi connectivity index (χ1n) is 9.26.